The van der Waals surface area contributed by atoms with Crippen LogP contribution in [0.15, 0.2) is 0 Å². The Balaban J connectivity index is 2.08. The first-order chi connectivity index (χ1) is 4.70. The van der Waals surface area contributed by atoms with Crippen molar-refractivity contribution in [3.05, 3.63) is 0 Å². The van der Waals surface area contributed by atoms with Crippen LogP contribution in [-0.2, 0) is 4.74 Å². The normalized spacial score (nSPS) is 25.5. The second-order valence-corrected chi connectivity index (χ2v) is 2.55. The highest BCUT2D eigenvalue weighted by molar-refractivity contribution is 5.64. The molecule has 0 aromatic rings. The van der Waals surface area contributed by atoms with Crippen molar-refractivity contribution in [2.45, 2.75) is 12.5 Å². The van der Waals surface area contributed by atoms with Crippen molar-refractivity contribution in [2.24, 2.45) is 5.73 Å². The van der Waals surface area contributed by atoms with E-state index in [2.05, 4.69) is 9.64 Å². The van der Waals surface area contributed by atoms with Crippen LogP contribution >= 0.6 is 0 Å². The third-order valence-corrected chi connectivity index (χ3v) is 1.86. The molecule has 0 aromatic heterocycles. The van der Waals surface area contributed by atoms with Gasteiger partial charge < -0.3 is 10.5 Å². The fourth-order valence-corrected chi connectivity index (χ4v) is 0.959. The average molecular weight is 144 g/mol. The van der Waals surface area contributed by atoms with Gasteiger partial charge in [0.25, 0.3) is 0 Å². The van der Waals surface area contributed by atoms with Gasteiger partial charge in [-0.15, -0.1) is 0 Å². The molecule has 1 fully saturated rings. The zero-order chi connectivity index (χ0) is 7.56. The van der Waals surface area contributed by atoms with Gasteiger partial charge in [-0.3, -0.25) is 4.90 Å². The number of nitrogens with zero attached hydrogens (tertiary/aromatic N) is 1. The number of hydrogen-bond acceptors (Lipinski definition) is 3. The molecule has 1 aliphatic heterocycles. The monoisotopic (exact) mass is 144 g/mol. The lowest BCUT2D eigenvalue weighted by atomic mass is 10.1. The van der Waals surface area contributed by atoms with Crippen molar-refractivity contribution in [2.75, 3.05) is 20.2 Å². The zero-order valence-corrected chi connectivity index (χ0v) is 6.04. The highest BCUT2D eigenvalue weighted by Gasteiger charge is 2.24. The molecule has 0 aliphatic carbocycles. The fraction of sp³-hybridized carbons (Fsp3) is 0.833. The van der Waals surface area contributed by atoms with Crippen LogP contribution in [0.4, 0.5) is 4.79 Å². The predicted molar refractivity (Wildman–Crippen MR) is 36.6 cm³/mol. The van der Waals surface area contributed by atoms with Gasteiger partial charge >= 0.3 is 6.09 Å². The number of amides is 1. The maximum absolute atomic E-state index is 10.1. The van der Waals surface area contributed by atoms with Gasteiger partial charge in [-0.25, -0.2) is 4.79 Å². The van der Waals surface area contributed by atoms with E-state index in [0.29, 0.717) is 12.6 Å². The first-order valence-corrected chi connectivity index (χ1v) is 3.32. The second kappa shape index (κ2) is 2.88. The first kappa shape index (κ1) is 7.34. The fourth-order valence-electron chi connectivity index (χ4n) is 0.959. The molecule has 1 atom stereocenters. The minimum absolute atomic E-state index is 0.396. The van der Waals surface area contributed by atoms with Crippen LogP contribution < -0.4 is 5.73 Å². The molecule has 4 nitrogen and oxygen atoms in total. The molecule has 0 spiro atoms. The topological polar surface area (TPSA) is 55.6 Å². The van der Waals surface area contributed by atoms with Crippen LogP contribution in [0, 0.1) is 0 Å². The predicted octanol–water partition coefficient (Wildman–Crippen LogP) is -0.214. The number of carbonyl (C=O) groups is 1. The van der Waals surface area contributed by atoms with Gasteiger partial charge in [0, 0.05) is 6.04 Å². The summed E-state index contributed by atoms with van der Waals surface area (Å²) >= 11 is 0. The van der Waals surface area contributed by atoms with Crippen LogP contribution in [0.3, 0.4) is 0 Å². The summed E-state index contributed by atoms with van der Waals surface area (Å²) in [5.74, 6) is 0. The van der Waals surface area contributed by atoms with Crippen LogP contribution in [0.25, 0.3) is 0 Å². The van der Waals surface area contributed by atoms with Gasteiger partial charge in [-0.1, -0.05) is 0 Å². The maximum Gasteiger partial charge on any atom is 0.404 e. The lowest BCUT2D eigenvalue weighted by Gasteiger charge is -2.36. The summed E-state index contributed by atoms with van der Waals surface area (Å²) in [4.78, 5) is 12.3. The summed E-state index contributed by atoms with van der Waals surface area (Å²) < 4.78 is 4.61. The molecule has 0 bridgehead atoms. The first-order valence-electron chi connectivity index (χ1n) is 3.32. The van der Waals surface area contributed by atoms with E-state index < -0.39 is 6.09 Å². The van der Waals surface area contributed by atoms with E-state index in [1.807, 2.05) is 7.05 Å². The third-order valence-electron chi connectivity index (χ3n) is 1.86. The molecule has 4 heteroatoms. The van der Waals surface area contributed by atoms with Crippen LogP contribution in [0.2, 0.25) is 0 Å². The molecule has 0 saturated carbocycles. The van der Waals surface area contributed by atoms with Crippen LogP contribution in [0.5, 0.6) is 0 Å². The van der Waals surface area contributed by atoms with Crippen LogP contribution in [0.1, 0.15) is 6.42 Å². The van der Waals surface area contributed by atoms with E-state index in [4.69, 9.17) is 5.73 Å². The van der Waals surface area contributed by atoms with Crippen LogP contribution in [-0.4, -0.2) is 37.2 Å². The molecule has 0 radical (unpaired) electrons. The van der Waals surface area contributed by atoms with Gasteiger partial charge in [0.1, 0.15) is 6.61 Å². The molecule has 0 aromatic carbocycles. The minimum Gasteiger partial charge on any atom is -0.448 e. The maximum atomic E-state index is 10.1. The summed E-state index contributed by atoms with van der Waals surface area (Å²) in [6.07, 6.45) is 0.421. The average Bonchev–Trinajstić information content (AvgIpc) is 1.84. The number of hydrogen-bond donors (Lipinski definition) is 1. The Hall–Kier alpha value is -0.770. The summed E-state index contributed by atoms with van der Waals surface area (Å²) in [5.41, 5.74) is 4.79. The molecular weight excluding hydrogens is 132 g/mol. The number of likely N-dealkylation sites (N-methyl/N-ethyl adjacent to an activating group) is 1. The minimum atomic E-state index is -0.680. The van der Waals surface area contributed by atoms with E-state index in [0.717, 1.165) is 13.0 Å². The SMILES string of the molecule is CN1CCC1COC(N)=O. The molecular formula is C6H12N2O2. The molecule has 1 unspecified atom stereocenters. The van der Waals surface area contributed by atoms with Crippen molar-refractivity contribution in [3.63, 3.8) is 0 Å². The Morgan fingerprint density at radius 3 is 2.90 bits per heavy atom. The van der Waals surface area contributed by atoms with Gasteiger partial charge in [0.2, 0.25) is 0 Å². The van der Waals surface area contributed by atoms with E-state index in [-0.39, 0.29) is 0 Å². The Morgan fingerprint density at radius 1 is 1.90 bits per heavy atom. The molecule has 2 N–H and O–H groups in total. The highest BCUT2D eigenvalue weighted by atomic mass is 16.5. The molecule has 1 amide bonds. The van der Waals surface area contributed by atoms with Crippen molar-refractivity contribution in [1.29, 1.82) is 0 Å². The summed E-state index contributed by atoms with van der Waals surface area (Å²) in [7, 11) is 2.00. The Kier molecular flexibility index (Phi) is 2.11. The van der Waals surface area contributed by atoms with Crippen molar-refractivity contribution in [3.8, 4) is 0 Å². The Bertz CT molecular complexity index is 138. The number of ether oxygens (including phenoxy) is 1. The van der Waals surface area contributed by atoms with Crippen molar-refractivity contribution < 1.29 is 9.53 Å². The molecule has 1 aliphatic rings. The third kappa shape index (κ3) is 1.60. The quantitative estimate of drug-likeness (QED) is 0.583. The van der Waals surface area contributed by atoms with Crippen molar-refractivity contribution in [1.82, 2.24) is 4.90 Å². The Labute approximate surface area is 59.9 Å². The van der Waals surface area contributed by atoms with E-state index in [9.17, 15) is 4.79 Å². The lowest BCUT2D eigenvalue weighted by molar-refractivity contribution is 0.0532. The van der Waals surface area contributed by atoms with Gasteiger partial charge in [0.15, 0.2) is 0 Å². The summed E-state index contributed by atoms with van der Waals surface area (Å²) in [6, 6.07) is 0.396. The summed E-state index contributed by atoms with van der Waals surface area (Å²) in [5, 5.41) is 0. The molecule has 58 valence electrons. The van der Waals surface area contributed by atoms with Gasteiger partial charge in [-0.2, -0.15) is 0 Å². The van der Waals surface area contributed by atoms with E-state index >= 15 is 0 Å². The smallest absolute Gasteiger partial charge is 0.404 e. The van der Waals surface area contributed by atoms with Gasteiger partial charge in [0.05, 0.1) is 0 Å². The second-order valence-electron chi connectivity index (χ2n) is 2.55. The molecule has 1 rings (SSSR count). The number of rotatable bonds is 2. The molecule has 1 saturated heterocycles. The number of carbonyl (C=O) groups excluding carboxylic acids is 1. The molecule has 10 heavy (non-hydrogen) atoms. The number of nitrogens with two attached hydrogens (primary N) is 1. The van der Waals surface area contributed by atoms with Gasteiger partial charge in [-0.05, 0) is 20.0 Å². The zero-order valence-electron chi connectivity index (χ0n) is 6.04. The Morgan fingerprint density at radius 2 is 2.60 bits per heavy atom. The molecule has 1 heterocycles. The largest absolute Gasteiger partial charge is 0.448 e. The summed E-state index contributed by atoms with van der Waals surface area (Å²) in [6.45, 7) is 1.53. The highest BCUT2D eigenvalue weighted by Crippen LogP contribution is 2.13. The van der Waals surface area contributed by atoms with E-state index in [1.165, 1.54) is 0 Å². The standard InChI is InChI=1S/C6H12N2O2/c1-8-3-2-5(8)4-10-6(7)9/h5H,2-4H2,1H3,(H2,7,9). The lowest BCUT2D eigenvalue weighted by Crippen LogP contribution is -2.48. The number of likely N-dealkylation sites (tertiary alicyclic amines) is 1. The number of primary amides is 1. The van der Waals surface area contributed by atoms with Crippen molar-refractivity contribution >= 4 is 6.09 Å². The van der Waals surface area contributed by atoms with E-state index in [1.54, 1.807) is 0 Å².